The van der Waals surface area contributed by atoms with Crippen molar-refractivity contribution in [3.8, 4) is 11.4 Å². The summed E-state index contributed by atoms with van der Waals surface area (Å²) >= 11 is 5.97. The van der Waals surface area contributed by atoms with E-state index in [9.17, 15) is 0 Å². The van der Waals surface area contributed by atoms with Crippen molar-refractivity contribution in [3.63, 3.8) is 0 Å². The molecule has 8 nitrogen and oxygen atoms in total. The van der Waals surface area contributed by atoms with Crippen molar-refractivity contribution >= 4 is 23.1 Å². The Bertz CT molecular complexity index is 1010. The zero-order chi connectivity index (χ0) is 16.5. The number of rotatable bonds is 4. The summed E-state index contributed by atoms with van der Waals surface area (Å²) in [4.78, 5) is 4.35. The topological polar surface area (TPSA) is 94.0 Å². The van der Waals surface area contributed by atoms with Crippen LogP contribution in [-0.2, 0) is 6.54 Å². The molecule has 0 saturated carbocycles. The first-order chi connectivity index (χ1) is 11.7. The van der Waals surface area contributed by atoms with Gasteiger partial charge in [0.1, 0.15) is 5.82 Å². The van der Waals surface area contributed by atoms with Crippen molar-refractivity contribution in [1.82, 2.24) is 30.0 Å². The number of aryl methyl sites for hydroxylation is 1. The third-order valence-electron chi connectivity index (χ3n) is 3.39. The summed E-state index contributed by atoms with van der Waals surface area (Å²) in [6.45, 7) is 2.19. The summed E-state index contributed by atoms with van der Waals surface area (Å²) in [7, 11) is 0. The molecular formula is C15H12ClN7O. The van der Waals surface area contributed by atoms with Crippen molar-refractivity contribution in [2.45, 2.75) is 13.5 Å². The molecule has 3 aromatic heterocycles. The van der Waals surface area contributed by atoms with Gasteiger partial charge in [0.25, 0.3) is 0 Å². The molecule has 4 aromatic rings. The average molecular weight is 342 g/mol. The van der Waals surface area contributed by atoms with Crippen LogP contribution in [0.25, 0.3) is 17.0 Å². The maximum absolute atomic E-state index is 5.97. The Balaban J connectivity index is 1.50. The molecule has 120 valence electrons. The quantitative estimate of drug-likeness (QED) is 0.609. The van der Waals surface area contributed by atoms with E-state index in [1.54, 1.807) is 16.6 Å². The highest BCUT2D eigenvalue weighted by atomic mass is 35.5. The summed E-state index contributed by atoms with van der Waals surface area (Å²) < 4.78 is 6.91. The number of benzene rings is 1. The lowest BCUT2D eigenvalue weighted by atomic mass is 10.2. The fraction of sp³-hybridized carbons (Fsp3) is 0.133. The minimum Gasteiger partial charge on any atom is -0.360 e. The molecule has 0 aliphatic heterocycles. The monoisotopic (exact) mass is 341 g/mol. The van der Waals surface area contributed by atoms with E-state index in [0.717, 1.165) is 11.4 Å². The Morgan fingerprint density at radius 2 is 2.12 bits per heavy atom. The lowest BCUT2D eigenvalue weighted by Crippen LogP contribution is -2.05. The van der Waals surface area contributed by atoms with Gasteiger partial charge in [-0.05, 0) is 31.2 Å². The van der Waals surface area contributed by atoms with E-state index < -0.39 is 0 Å². The number of halogens is 1. The van der Waals surface area contributed by atoms with Crippen LogP contribution in [0.3, 0.4) is 0 Å². The molecule has 0 unspecified atom stereocenters. The normalized spacial score (nSPS) is 11.1. The molecule has 0 aliphatic rings. The highest BCUT2D eigenvalue weighted by molar-refractivity contribution is 6.30. The molecule has 9 heteroatoms. The number of fused-ring (bicyclic) bond motifs is 1. The van der Waals surface area contributed by atoms with Gasteiger partial charge < -0.3 is 9.84 Å². The molecule has 24 heavy (non-hydrogen) atoms. The standard InChI is InChI=1S/C15H12ClN7O/c1-9-19-20-13-6-5-12(21-23(9)13)17-8-14-18-15(22-24-14)10-3-2-4-11(16)7-10/h2-7H,8H2,1H3,(H,17,21). The molecule has 0 aliphatic carbocycles. The molecule has 4 rings (SSSR count). The lowest BCUT2D eigenvalue weighted by molar-refractivity contribution is 0.384. The molecule has 1 aromatic carbocycles. The molecule has 1 N–H and O–H groups in total. The van der Waals surface area contributed by atoms with Crippen LogP contribution in [0.4, 0.5) is 5.82 Å². The predicted molar refractivity (Wildman–Crippen MR) is 87.6 cm³/mol. The van der Waals surface area contributed by atoms with E-state index >= 15 is 0 Å². The third-order valence-corrected chi connectivity index (χ3v) is 3.63. The van der Waals surface area contributed by atoms with Gasteiger partial charge in [-0.2, -0.15) is 9.50 Å². The number of anilines is 1. The molecular weight excluding hydrogens is 330 g/mol. The van der Waals surface area contributed by atoms with Crippen LogP contribution in [0.2, 0.25) is 5.02 Å². The van der Waals surface area contributed by atoms with Crippen LogP contribution >= 0.6 is 11.6 Å². The third kappa shape index (κ3) is 2.79. The predicted octanol–water partition coefficient (Wildman–Crippen LogP) is 2.75. The van der Waals surface area contributed by atoms with Crippen LogP contribution in [0, 0.1) is 6.92 Å². The molecule has 0 bridgehead atoms. The zero-order valence-corrected chi connectivity index (χ0v) is 13.4. The van der Waals surface area contributed by atoms with E-state index in [1.807, 2.05) is 31.2 Å². The number of nitrogens with one attached hydrogen (secondary N) is 1. The molecule has 0 radical (unpaired) electrons. The number of aromatic nitrogens is 6. The van der Waals surface area contributed by atoms with E-state index in [1.165, 1.54) is 0 Å². The van der Waals surface area contributed by atoms with Crippen LogP contribution in [0.15, 0.2) is 40.9 Å². The summed E-state index contributed by atoms with van der Waals surface area (Å²) in [6, 6.07) is 10.9. The molecule has 3 heterocycles. The van der Waals surface area contributed by atoms with E-state index in [-0.39, 0.29) is 0 Å². The fourth-order valence-corrected chi connectivity index (χ4v) is 2.42. The number of nitrogens with zero attached hydrogens (tertiary/aromatic N) is 6. The Hall–Kier alpha value is -3.00. The first kappa shape index (κ1) is 14.6. The largest absolute Gasteiger partial charge is 0.360 e. The summed E-state index contributed by atoms with van der Waals surface area (Å²) in [6.07, 6.45) is 0. The second kappa shape index (κ2) is 5.89. The highest BCUT2D eigenvalue weighted by Crippen LogP contribution is 2.20. The summed E-state index contributed by atoms with van der Waals surface area (Å²) in [5, 5.41) is 20.1. The van der Waals surface area contributed by atoms with Gasteiger partial charge in [0.15, 0.2) is 11.5 Å². The summed E-state index contributed by atoms with van der Waals surface area (Å²) in [5.41, 5.74) is 1.50. The van der Waals surface area contributed by atoms with Crippen molar-refractivity contribution in [2.75, 3.05) is 5.32 Å². The average Bonchev–Trinajstić information content (AvgIpc) is 3.20. The first-order valence-corrected chi connectivity index (χ1v) is 7.58. The van der Waals surface area contributed by atoms with E-state index in [0.29, 0.717) is 34.7 Å². The van der Waals surface area contributed by atoms with Crippen LogP contribution in [-0.4, -0.2) is 30.0 Å². The van der Waals surface area contributed by atoms with Crippen molar-refractivity contribution in [2.24, 2.45) is 0 Å². The first-order valence-electron chi connectivity index (χ1n) is 7.20. The van der Waals surface area contributed by atoms with Gasteiger partial charge >= 0.3 is 0 Å². The van der Waals surface area contributed by atoms with Crippen molar-refractivity contribution in [3.05, 3.63) is 53.1 Å². The second-order valence-electron chi connectivity index (χ2n) is 5.11. The van der Waals surface area contributed by atoms with Gasteiger partial charge in [-0.1, -0.05) is 28.9 Å². The van der Waals surface area contributed by atoms with Crippen LogP contribution in [0.1, 0.15) is 11.7 Å². The molecule has 0 spiro atoms. The Labute approximate surface area is 141 Å². The Kier molecular flexibility index (Phi) is 3.58. The maximum atomic E-state index is 5.97. The van der Waals surface area contributed by atoms with E-state index in [4.69, 9.17) is 16.1 Å². The van der Waals surface area contributed by atoms with Gasteiger partial charge in [0.2, 0.25) is 11.7 Å². The van der Waals surface area contributed by atoms with Gasteiger partial charge in [0.05, 0.1) is 6.54 Å². The van der Waals surface area contributed by atoms with Crippen molar-refractivity contribution < 1.29 is 4.52 Å². The van der Waals surface area contributed by atoms with Crippen molar-refractivity contribution in [1.29, 1.82) is 0 Å². The number of hydrogen-bond donors (Lipinski definition) is 1. The number of hydrogen-bond acceptors (Lipinski definition) is 7. The Morgan fingerprint density at radius 3 is 3.00 bits per heavy atom. The zero-order valence-electron chi connectivity index (χ0n) is 12.6. The molecule has 0 fully saturated rings. The maximum Gasteiger partial charge on any atom is 0.246 e. The van der Waals surface area contributed by atoms with Gasteiger partial charge in [-0.15, -0.1) is 15.3 Å². The van der Waals surface area contributed by atoms with Crippen LogP contribution in [0.5, 0.6) is 0 Å². The minimum absolute atomic E-state index is 0.354. The SMILES string of the molecule is Cc1nnc2ccc(NCc3nc(-c4cccc(Cl)c4)no3)nn12. The molecule has 0 amide bonds. The van der Waals surface area contributed by atoms with Gasteiger partial charge in [-0.3, -0.25) is 0 Å². The highest BCUT2D eigenvalue weighted by Gasteiger charge is 2.10. The molecule has 0 saturated heterocycles. The smallest absolute Gasteiger partial charge is 0.246 e. The minimum atomic E-state index is 0.354. The fourth-order valence-electron chi connectivity index (χ4n) is 2.23. The summed E-state index contributed by atoms with van der Waals surface area (Å²) in [5.74, 6) is 2.32. The van der Waals surface area contributed by atoms with E-state index in [2.05, 4.69) is 30.8 Å². The van der Waals surface area contributed by atoms with Gasteiger partial charge in [0, 0.05) is 10.6 Å². The van der Waals surface area contributed by atoms with Crippen LogP contribution < -0.4 is 5.32 Å². The molecule has 0 atom stereocenters. The lowest BCUT2D eigenvalue weighted by Gasteiger charge is -2.02. The Morgan fingerprint density at radius 1 is 1.21 bits per heavy atom. The van der Waals surface area contributed by atoms with Gasteiger partial charge in [-0.25, -0.2) is 0 Å². The second-order valence-corrected chi connectivity index (χ2v) is 5.55.